The van der Waals surface area contributed by atoms with E-state index in [9.17, 15) is 0 Å². The summed E-state index contributed by atoms with van der Waals surface area (Å²) in [5.41, 5.74) is -0.194. The smallest absolute Gasteiger partial charge is 0.242 e. The molecule has 98 valence electrons. The second-order valence-electron chi connectivity index (χ2n) is 5.11. The molecule has 0 bridgehead atoms. The molecule has 0 amide bonds. The summed E-state index contributed by atoms with van der Waals surface area (Å²) in [5.74, 6) is 1.14. The number of ether oxygens (including phenoxy) is 1. The molecule has 1 atom stereocenters. The first-order valence-corrected chi connectivity index (χ1v) is 6.12. The topological polar surface area (TPSA) is 60.2 Å². The van der Waals surface area contributed by atoms with E-state index in [1.165, 1.54) is 0 Å². The maximum absolute atomic E-state index is 5.57. The lowest BCUT2D eigenvalue weighted by molar-refractivity contribution is -0.0248. The molecule has 5 heteroatoms. The summed E-state index contributed by atoms with van der Waals surface area (Å²) in [6, 6.07) is 0.0887. The summed E-state index contributed by atoms with van der Waals surface area (Å²) in [6.07, 6.45) is 1.08. The van der Waals surface area contributed by atoms with Crippen molar-refractivity contribution in [2.45, 2.75) is 59.3 Å². The number of nitrogens with one attached hydrogen (secondary N) is 1. The Morgan fingerprint density at radius 3 is 2.65 bits per heavy atom. The average molecular weight is 241 g/mol. The molecule has 0 spiro atoms. The first kappa shape index (κ1) is 14.1. The third-order valence-corrected chi connectivity index (χ3v) is 2.18. The van der Waals surface area contributed by atoms with E-state index in [4.69, 9.17) is 9.15 Å². The first-order valence-electron chi connectivity index (χ1n) is 6.12. The highest BCUT2D eigenvalue weighted by Crippen LogP contribution is 2.14. The molecule has 1 heterocycles. The van der Waals surface area contributed by atoms with Gasteiger partial charge in [0.1, 0.15) is 6.61 Å². The molecular weight excluding hydrogens is 218 g/mol. The van der Waals surface area contributed by atoms with Crippen LogP contribution >= 0.6 is 0 Å². The minimum atomic E-state index is -0.194. The van der Waals surface area contributed by atoms with Crippen molar-refractivity contribution in [1.29, 1.82) is 0 Å². The van der Waals surface area contributed by atoms with E-state index in [0.29, 0.717) is 18.4 Å². The van der Waals surface area contributed by atoms with Crippen LogP contribution in [0, 0.1) is 0 Å². The normalized spacial score (nSPS) is 13.9. The zero-order chi connectivity index (χ0) is 12.9. The van der Waals surface area contributed by atoms with Crippen molar-refractivity contribution in [3.05, 3.63) is 11.8 Å². The SMILES string of the molecule is CCCNC(C)c1nnc(COC(C)(C)C)o1. The van der Waals surface area contributed by atoms with Gasteiger partial charge in [-0.1, -0.05) is 6.92 Å². The molecule has 1 aromatic rings. The monoisotopic (exact) mass is 241 g/mol. The van der Waals surface area contributed by atoms with Crippen LogP contribution < -0.4 is 5.32 Å². The van der Waals surface area contributed by atoms with Crippen LogP contribution in [0.15, 0.2) is 4.42 Å². The Morgan fingerprint density at radius 2 is 2.06 bits per heavy atom. The van der Waals surface area contributed by atoms with Gasteiger partial charge in [0.2, 0.25) is 11.8 Å². The van der Waals surface area contributed by atoms with Crippen molar-refractivity contribution in [3.63, 3.8) is 0 Å². The predicted octanol–water partition coefficient (Wildman–Crippen LogP) is 2.45. The maximum Gasteiger partial charge on any atom is 0.242 e. The van der Waals surface area contributed by atoms with Gasteiger partial charge in [-0.3, -0.25) is 0 Å². The summed E-state index contributed by atoms with van der Waals surface area (Å²) < 4.78 is 11.1. The molecule has 0 aliphatic rings. The number of nitrogens with zero attached hydrogens (tertiary/aromatic N) is 2. The lowest BCUT2D eigenvalue weighted by Gasteiger charge is -2.17. The van der Waals surface area contributed by atoms with Crippen LogP contribution in [0.3, 0.4) is 0 Å². The van der Waals surface area contributed by atoms with E-state index >= 15 is 0 Å². The summed E-state index contributed by atoms with van der Waals surface area (Å²) in [7, 11) is 0. The zero-order valence-electron chi connectivity index (χ0n) is 11.4. The van der Waals surface area contributed by atoms with Gasteiger partial charge < -0.3 is 14.5 Å². The van der Waals surface area contributed by atoms with Crippen molar-refractivity contribution in [2.24, 2.45) is 0 Å². The van der Waals surface area contributed by atoms with Gasteiger partial charge in [0.25, 0.3) is 0 Å². The quantitative estimate of drug-likeness (QED) is 0.829. The van der Waals surface area contributed by atoms with E-state index < -0.39 is 0 Å². The van der Waals surface area contributed by atoms with Crippen LogP contribution in [0.1, 0.15) is 58.9 Å². The molecular formula is C12H23N3O2. The second-order valence-corrected chi connectivity index (χ2v) is 5.11. The molecule has 0 aromatic carbocycles. The van der Waals surface area contributed by atoms with E-state index in [-0.39, 0.29) is 11.6 Å². The van der Waals surface area contributed by atoms with Gasteiger partial charge in [-0.25, -0.2) is 0 Å². The van der Waals surface area contributed by atoms with Gasteiger partial charge in [-0.15, -0.1) is 10.2 Å². The second kappa shape index (κ2) is 6.12. The number of hydrogen-bond acceptors (Lipinski definition) is 5. The first-order chi connectivity index (χ1) is 7.92. The highest BCUT2D eigenvalue weighted by molar-refractivity contribution is 4.87. The molecule has 5 nitrogen and oxygen atoms in total. The van der Waals surface area contributed by atoms with Gasteiger partial charge >= 0.3 is 0 Å². The summed E-state index contributed by atoms with van der Waals surface area (Å²) in [5, 5.41) is 11.3. The third-order valence-electron chi connectivity index (χ3n) is 2.18. The molecule has 0 fully saturated rings. The van der Waals surface area contributed by atoms with Crippen molar-refractivity contribution < 1.29 is 9.15 Å². The van der Waals surface area contributed by atoms with Crippen molar-refractivity contribution in [3.8, 4) is 0 Å². The van der Waals surface area contributed by atoms with Gasteiger partial charge in [0.05, 0.1) is 11.6 Å². The maximum atomic E-state index is 5.57. The Hall–Kier alpha value is -0.940. The summed E-state index contributed by atoms with van der Waals surface area (Å²) in [4.78, 5) is 0. The number of hydrogen-bond donors (Lipinski definition) is 1. The molecule has 1 unspecified atom stereocenters. The van der Waals surface area contributed by atoms with Crippen LogP contribution in [0.5, 0.6) is 0 Å². The Balaban J connectivity index is 2.47. The van der Waals surface area contributed by atoms with E-state index in [1.807, 2.05) is 27.7 Å². The molecule has 0 saturated carbocycles. The molecule has 0 saturated heterocycles. The van der Waals surface area contributed by atoms with Crippen molar-refractivity contribution in [1.82, 2.24) is 15.5 Å². The zero-order valence-corrected chi connectivity index (χ0v) is 11.4. The van der Waals surface area contributed by atoms with E-state index in [1.54, 1.807) is 0 Å². The molecule has 0 aliphatic heterocycles. The van der Waals surface area contributed by atoms with Crippen LogP contribution in [-0.2, 0) is 11.3 Å². The van der Waals surface area contributed by atoms with Gasteiger partial charge in [-0.05, 0) is 40.7 Å². The fourth-order valence-electron chi connectivity index (χ4n) is 1.23. The average Bonchev–Trinajstić information content (AvgIpc) is 2.70. The summed E-state index contributed by atoms with van der Waals surface area (Å²) >= 11 is 0. The standard InChI is InChI=1S/C12H23N3O2/c1-6-7-13-9(2)11-15-14-10(17-11)8-16-12(3,4)5/h9,13H,6-8H2,1-5H3. The molecule has 0 radical (unpaired) electrons. The lowest BCUT2D eigenvalue weighted by Crippen LogP contribution is -2.19. The highest BCUT2D eigenvalue weighted by Gasteiger charge is 2.16. The molecule has 1 N–H and O–H groups in total. The van der Waals surface area contributed by atoms with E-state index in [2.05, 4.69) is 22.4 Å². The molecule has 0 aliphatic carbocycles. The number of aromatic nitrogens is 2. The molecule has 1 rings (SSSR count). The van der Waals surface area contributed by atoms with Gasteiger partial charge in [-0.2, -0.15) is 0 Å². The van der Waals surface area contributed by atoms with Crippen molar-refractivity contribution in [2.75, 3.05) is 6.54 Å². The minimum Gasteiger partial charge on any atom is -0.421 e. The molecule has 1 aromatic heterocycles. The predicted molar refractivity (Wildman–Crippen MR) is 65.5 cm³/mol. The van der Waals surface area contributed by atoms with Crippen LogP contribution in [0.4, 0.5) is 0 Å². The third kappa shape index (κ3) is 5.28. The lowest BCUT2D eigenvalue weighted by atomic mass is 10.2. The van der Waals surface area contributed by atoms with E-state index in [0.717, 1.165) is 13.0 Å². The Morgan fingerprint density at radius 1 is 1.35 bits per heavy atom. The van der Waals surface area contributed by atoms with Crippen LogP contribution in [0.2, 0.25) is 0 Å². The van der Waals surface area contributed by atoms with Crippen LogP contribution in [0.25, 0.3) is 0 Å². The highest BCUT2D eigenvalue weighted by atomic mass is 16.5. The van der Waals surface area contributed by atoms with Gasteiger partial charge in [0, 0.05) is 0 Å². The minimum absolute atomic E-state index is 0.0887. The molecule has 17 heavy (non-hydrogen) atoms. The Bertz CT molecular complexity index is 331. The Kier molecular flexibility index (Phi) is 5.08. The fourth-order valence-corrected chi connectivity index (χ4v) is 1.23. The van der Waals surface area contributed by atoms with Crippen molar-refractivity contribution >= 4 is 0 Å². The fraction of sp³-hybridized carbons (Fsp3) is 0.833. The Labute approximate surface area is 103 Å². The van der Waals surface area contributed by atoms with Crippen LogP contribution in [-0.4, -0.2) is 22.3 Å². The number of rotatable bonds is 6. The summed E-state index contributed by atoms with van der Waals surface area (Å²) in [6.45, 7) is 11.4. The van der Waals surface area contributed by atoms with Gasteiger partial charge in [0.15, 0.2) is 0 Å². The largest absolute Gasteiger partial charge is 0.421 e.